The van der Waals surface area contributed by atoms with E-state index in [1.54, 1.807) is 0 Å². The predicted octanol–water partition coefficient (Wildman–Crippen LogP) is 16.1. The van der Waals surface area contributed by atoms with Crippen LogP contribution in [0.1, 0.15) is 0 Å². The monoisotopic (exact) mass is 892 g/mol. The molecule has 4 heterocycles. The van der Waals surface area contributed by atoms with Crippen molar-refractivity contribution in [2.75, 3.05) is 0 Å². The number of hydrogen-bond acceptors (Lipinski definition) is 4. The number of pyridine rings is 1. The van der Waals surface area contributed by atoms with Gasteiger partial charge in [-0.1, -0.05) is 182 Å². The van der Waals surface area contributed by atoms with Crippen LogP contribution in [0.5, 0.6) is 0 Å². The van der Waals surface area contributed by atoms with E-state index in [0.29, 0.717) is 17.5 Å². The zero-order valence-electron chi connectivity index (χ0n) is 37.8. The van der Waals surface area contributed by atoms with Crippen LogP contribution in [0.4, 0.5) is 0 Å². The minimum atomic E-state index is 0.606. The molecule has 0 spiro atoms. The molecule has 10 aromatic carbocycles. The van der Waals surface area contributed by atoms with Crippen molar-refractivity contribution in [3.05, 3.63) is 243 Å². The molecule has 0 saturated heterocycles. The predicted molar refractivity (Wildman–Crippen MR) is 288 cm³/mol. The van der Waals surface area contributed by atoms with Crippen LogP contribution in [0.15, 0.2) is 243 Å². The van der Waals surface area contributed by atoms with Gasteiger partial charge in [0.1, 0.15) is 0 Å². The molecule has 0 saturated carbocycles. The quantitative estimate of drug-likeness (QED) is 0.150. The fourth-order valence-electron chi connectivity index (χ4n) is 10.6. The summed E-state index contributed by atoms with van der Waals surface area (Å²) in [5.41, 5.74) is 14.7. The minimum Gasteiger partial charge on any atom is -0.309 e. The van der Waals surface area contributed by atoms with E-state index in [4.69, 9.17) is 19.9 Å². The van der Waals surface area contributed by atoms with Gasteiger partial charge in [-0.2, -0.15) is 0 Å². The van der Waals surface area contributed by atoms with Crippen LogP contribution < -0.4 is 0 Å². The molecular formula is C64H40N6. The van der Waals surface area contributed by atoms with Crippen molar-refractivity contribution in [1.82, 2.24) is 29.1 Å². The van der Waals surface area contributed by atoms with E-state index in [0.717, 1.165) is 72.3 Å². The van der Waals surface area contributed by atoms with Crippen LogP contribution in [0.25, 0.3) is 133 Å². The molecule has 0 radical (unpaired) electrons. The van der Waals surface area contributed by atoms with Crippen molar-refractivity contribution in [3.63, 3.8) is 0 Å². The van der Waals surface area contributed by atoms with E-state index in [2.05, 4.69) is 221 Å². The third kappa shape index (κ3) is 6.35. The summed E-state index contributed by atoms with van der Waals surface area (Å²) in [7, 11) is 0. The van der Waals surface area contributed by atoms with Crippen LogP contribution in [-0.2, 0) is 0 Å². The zero-order valence-corrected chi connectivity index (χ0v) is 37.8. The molecule has 6 heteroatoms. The van der Waals surface area contributed by atoms with Gasteiger partial charge in [-0.15, -0.1) is 0 Å². The van der Waals surface area contributed by atoms with Crippen molar-refractivity contribution < 1.29 is 0 Å². The summed E-state index contributed by atoms with van der Waals surface area (Å²) < 4.78 is 4.70. The molecule has 326 valence electrons. The molecule has 0 amide bonds. The van der Waals surface area contributed by atoms with E-state index in [-0.39, 0.29) is 0 Å². The van der Waals surface area contributed by atoms with Crippen LogP contribution in [0, 0.1) is 0 Å². The number of aromatic nitrogens is 6. The van der Waals surface area contributed by atoms with Gasteiger partial charge in [0.25, 0.3) is 0 Å². The van der Waals surface area contributed by atoms with Crippen molar-refractivity contribution in [2.24, 2.45) is 0 Å². The Morgan fingerprint density at radius 3 is 1.30 bits per heavy atom. The van der Waals surface area contributed by atoms with Crippen molar-refractivity contribution in [1.29, 1.82) is 0 Å². The van der Waals surface area contributed by atoms with E-state index < -0.39 is 0 Å². The van der Waals surface area contributed by atoms with Gasteiger partial charge in [-0.05, 0) is 71.6 Å². The first-order valence-electron chi connectivity index (χ1n) is 23.6. The first-order valence-corrected chi connectivity index (χ1v) is 23.6. The maximum atomic E-state index is 5.67. The van der Waals surface area contributed by atoms with Crippen LogP contribution in [0.2, 0.25) is 0 Å². The lowest BCUT2D eigenvalue weighted by molar-refractivity contribution is 1.07. The summed E-state index contributed by atoms with van der Waals surface area (Å²) in [6.07, 6.45) is 0. The lowest BCUT2D eigenvalue weighted by atomic mass is 9.93. The lowest BCUT2D eigenvalue weighted by Gasteiger charge is -2.15. The largest absolute Gasteiger partial charge is 0.309 e. The van der Waals surface area contributed by atoms with Gasteiger partial charge >= 0.3 is 0 Å². The van der Waals surface area contributed by atoms with Crippen LogP contribution >= 0.6 is 0 Å². The standard InChI is InChI=1S/C64H40N6/c1-4-17-42(18-5-1)60-59-51(39-40-57-58(59)53-25-12-15-30-56(53)70(57)46-21-8-3-9-22-46)52-27-16-26-48(61(52)65-60)41-31-33-44(34-32-41)63-66-62(43-19-6-2-7-20-43)67-64(68-63)45-35-37-47(38-36-45)69-54-28-13-10-23-49(54)50-24-11-14-29-55(50)69/h1-40H. The molecular weight excluding hydrogens is 853 g/mol. The molecule has 14 aromatic rings. The molecule has 0 N–H and O–H groups in total. The molecule has 14 rings (SSSR count). The highest BCUT2D eigenvalue weighted by molar-refractivity contribution is 6.29. The highest BCUT2D eigenvalue weighted by Gasteiger charge is 2.22. The molecule has 0 bridgehead atoms. The zero-order chi connectivity index (χ0) is 46.1. The SMILES string of the molecule is c1ccc(-c2nc(-c3ccc(-c4cccc5c4nc(-c4ccccc4)c4c5ccc5c4c4ccccc4n5-c4ccccc4)cc3)nc(-c3ccc(-n4c5ccccc5c5ccccc54)cc3)n2)cc1. The fourth-order valence-corrected chi connectivity index (χ4v) is 10.6. The summed E-state index contributed by atoms with van der Waals surface area (Å²) in [6, 6.07) is 85.5. The Labute approximate surface area is 403 Å². The van der Waals surface area contributed by atoms with E-state index >= 15 is 0 Å². The smallest absolute Gasteiger partial charge is 0.164 e. The highest BCUT2D eigenvalue weighted by atomic mass is 15.0. The number of para-hydroxylation sites is 5. The Kier molecular flexibility index (Phi) is 9.10. The summed E-state index contributed by atoms with van der Waals surface area (Å²) >= 11 is 0. The average molecular weight is 893 g/mol. The number of benzene rings is 10. The van der Waals surface area contributed by atoms with Gasteiger partial charge in [0.2, 0.25) is 0 Å². The van der Waals surface area contributed by atoms with Crippen molar-refractivity contribution in [3.8, 4) is 67.9 Å². The Balaban J connectivity index is 0.895. The van der Waals surface area contributed by atoms with Gasteiger partial charge in [0.05, 0.1) is 33.3 Å². The Bertz CT molecular complexity index is 4260. The first-order chi connectivity index (χ1) is 34.7. The third-order valence-corrected chi connectivity index (χ3v) is 13.8. The number of nitrogens with zero attached hydrogens (tertiary/aromatic N) is 6. The lowest BCUT2D eigenvalue weighted by Crippen LogP contribution is -2.00. The maximum Gasteiger partial charge on any atom is 0.164 e. The normalized spacial score (nSPS) is 11.7. The van der Waals surface area contributed by atoms with Crippen LogP contribution in [0.3, 0.4) is 0 Å². The summed E-state index contributed by atoms with van der Waals surface area (Å²) in [6.45, 7) is 0. The summed E-state index contributed by atoms with van der Waals surface area (Å²) in [5, 5.41) is 8.28. The van der Waals surface area contributed by atoms with Crippen molar-refractivity contribution in [2.45, 2.75) is 0 Å². The number of rotatable bonds is 7. The fraction of sp³-hybridized carbons (Fsp3) is 0. The van der Waals surface area contributed by atoms with Crippen molar-refractivity contribution >= 4 is 65.3 Å². The minimum absolute atomic E-state index is 0.606. The van der Waals surface area contributed by atoms with Gasteiger partial charge in [-0.3, -0.25) is 0 Å². The summed E-state index contributed by atoms with van der Waals surface area (Å²) in [4.78, 5) is 21.0. The third-order valence-electron chi connectivity index (χ3n) is 13.8. The molecule has 0 fully saturated rings. The molecule has 0 aliphatic rings. The second kappa shape index (κ2) is 16.1. The molecule has 4 aromatic heterocycles. The average Bonchev–Trinajstić information content (AvgIpc) is 3.96. The van der Waals surface area contributed by atoms with Gasteiger partial charge < -0.3 is 9.13 Å². The van der Waals surface area contributed by atoms with Gasteiger partial charge in [0.15, 0.2) is 17.5 Å². The highest BCUT2D eigenvalue weighted by Crippen LogP contribution is 2.44. The molecule has 6 nitrogen and oxygen atoms in total. The second-order valence-corrected chi connectivity index (χ2v) is 17.8. The van der Waals surface area contributed by atoms with E-state index in [1.165, 1.54) is 43.5 Å². The molecule has 0 unspecified atom stereocenters. The Hall–Kier alpha value is -9.52. The second-order valence-electron chi connectivity index (χ2n) is 17.8. The number of fused-ring (bicyclic) bond motifs is 10. The van der Waals surface area contributed by atoms with Gasteiger partial charge in [0, 0.05) is 71.5 Å². The first kappa shape index (κ1) is 39.6. The Morgan fingerprint density at radius 2 is 0.686 bits per heavy atom. The molecule has 70 heavy (non-hydrogen) atoms. The molecule has 0 aliphatic carbocycles. The van der Waals surface area contributed by atoms with Gasteiger partial charge in [-0.25, -0.2) is 19.9 Å². The number of hydrogen-bond donors (Lipinski definition) is 0. The van der Waals surface area contributed by atoms with Crippen LogP contribution in [-0.4, -0.2) is 29.1 Å². The Morgan fingerprint density at radius 1 is 0.243 bits per heavy atom. The van der Waals surface area contributed by atoms with E-state index in [1.807, 2.05) is 30.3 Å². The summed E-state index contributed by atoms with van der Waals surface area (Å²) in [5.74, 6) is 1.84. The molecule has 0 atom stereocenters. The topological polar surface area (TPSA) is 61.4 Å². The van der Waals surface area contributed by atoms with E-state index in [9.17, 15) is 0 Å². The maximum absolute atomic E-state index is 5.67. The molecule has 0 aliphatic heterocycles.